The number of aromatic nitrogens is 4. The zero-order valence-electron chi connectivity index (χ0n) is 23.1. The summed E-state index contributed by atoms with van der Waals surface area (Å²) >= 11 is 0. The number of imidazole rings is 1. The number of fused-ring (bicyclic) bond motifs is 1. The Bertz CT molecular complexity index is 1650. The summed E-state index contributed by atoms with van der Waals surface area (Å²) in [5, 5.41) is 2.92. The molecule has 0 spiro atoms. The number of carbonyl (C=O) groups excluding carboxylic acids is 1. The normalized spacial score (nSPS) is 13.9. The molecule has 1 N–H and O–H groups in total. The summed E-state index contributed by atoms with van der Waals surface area (Å²) in [5.74, 6) is 1.65. The van der Waals surface area contributed by atoms with E-state index in [1.165, 1.54) is 11.6 Å². The number of hydrogen-bond acceptors (Lipinski definition) is 8. The molecule has 3 heterocycles. The molecule has 0 bridgehead atoms. The van der Waals surface area contributed by atoms with Gasteiger partial charge in [0.25, 0.3) is 5.56 Å². The first kappa shape index (κ1) is 27.0. The lowest BCUT2D eigenvalue weighted by Crippen LogP contribution is -2.49. The van der Waals surface area contributed by atoms with Gasteiger partial charge in [0.15, 0.2) is 11.2 Å². The largest absolute Gasteiger partial charge is 0.497 e. The molecule has 4 aromatic rings. The van der Waals surface area contributed by atoms with Gasteiger partial charge < -0.3 is 19.7 Å². The van der Waals surface area contributed by atoms with E-state index in [1.54, 1.807) is 39.5 Å². The first-order valence-electron chi connectivity index (χ1n) is 13.0. The molecule has 0 radical (unpaired) electrons. The van der Waals surface area contributed by atoms with Gasteiger partial charge in [-0.3, -0.25) is 28.2 Å². The van der Waals surface area contributed by atoms with Crippen molar-refractivity contribution >= 4 is 28.7 Å². The van der Waals surface area contributed by atoms with Crippen molar-refractivity contribution in [2.45, 2.75) is 6.54 Å². The zero-order valence-corrected chi connectivity index (χ0v) is 23.1. The third-order valence-electron chi connectivity index (χ3n) is 7.22. The number of piperazine rings is 1. The van der Waals surface area contributed by atoms with Gasteiger partial charge in [-0.25, -0.2) is 4.79 Å². The fraction of sp³-hybridized carbons (Fsp3) is 0.357. The highest BCUT2D eigenvalue weighted by molar-refractivity contribution is 5.93. The van der Waals surface area contributed by atoms with Crippen LogP contribution in [-0.2, 0) is 25.4 Å². The molecule has 0 unspecified atom stereocenters. The summed E-state index contributed by atoms with van der Waals surface area (Å²) in [7, 11) is 6.23. The third-order valence-corrected chi connectivity index (χ3v) is 7.22. The van der Waals surface area contributed by atoms with E-state index < -0.39 is 5.69 Å². The van der Waals surface area contributed by atoms with Crippen LogP contribution in [0, 0.1) is 0 Å². The second kappa shape index (κ2) is 11.3. The number of methoxy groups -OCH3 is 2. The lowest BCUT2D eigenvalue weighted by atomic mass is 10.2. The molecule has 1 amide bonds. The van der Waals surface area contributed by atoms with Crippen molar-refractivity contribution in [3.05, 3.63) is 74.9 Å². The Morgan fingerprint density at radius 2 is 1.68 bits per heavy atom. The molecule has 0 atom stereocenters. The maximum Gasteiger partial charge on any atom is 0.332 e. The van der Waals surface area contributed by atoms with E-state index in [0.29, 0.717) is 67.0 Å². The van der Waals surface area contributed by atoms with Gasteiger partial charge in [-0.15, -0.1) is 0 Å². The summed E-state index contributed by atoms with van der Waals surface area (Å²) in [6.45, 7) is 3.11. The number of nitrogens with zero attached hydrogens (tertiary/aromatic N) is 6. The van der Waals surface area contributed by atoms with Crippen LogP contribution >= 0.6 is 0 Å². The lowest BCUT2D eigenvalue weighted by molar-refractivity contribution is -0.117. The van der Waals surface area contributed by atoms with E-state index in [4.69, 9.17) is 14.5 Å². The second-order valence-corrected chi connectivity index (χ2v) is 9.74. The minimum absolute atomic E-state index is 0.147. The predicted octanol–water partition coefficient (Wildman–Crippen LogP) is 1.26. The summed E-state index contributed by atoms with van der Waals surface area (Å²) in [4.78, 5) is 47.6. The molecular formula is C28H33N7O5. The number of rotatable bonds is 8. The van der Waals surface area contributed by atoms with Crippen LogP contribution in [0.25, 0.3) is 11.2 Å². The molecular weight excluding hydrogens is 514 g/mol. The molecule has 2 aromatic heterocycles. The van der Waals surface area contributed by atoms with Crippen molar-refractivity contribution in [1.29, 1.82) is 0 Å². The Labute approximate surface area is 231 Å². The van der Waals surface area contributed by atoms with E-state index >= 15 is 0 Å². The van der Waals surface area contributed by atoms with Gasteiger partial charge in [0, 0.05) is 46.3 Å². The van der Waals surface area contributed by atoms with Gasteiger partial charge in [-0.2, -0.15) is 4.98 Å². The molecule has 1 aliphatic heterocycles. The van der Waals surface area contributed by atoms with Crippen molar-refractivity contribution in [1.82, 2.24) is 23.6 Å². The SMILES string of the molecule is COc1ccc(NC(=O)CN2CCN(c3nc4c(c(=O)n(C)c(=O)n4C)n3Cc3ccccc3)CC2)c(OC)c1. The van der Waals surface area contributed by atoms with E-state index in [9.17, 15) is 14.4 Å². The van der Waals surface area contributed by atoms with Crippen molar-refractivity contribution in [2.75, 3.05) is 57.2 Å². The van der Waals surface area contributed by atoms with Gasteiger partial charge in [0.2, 0.25) is 11.9 Å². The Kier molecular flexibility index (Phi) is 7.60. The zero-order chi connectivity index (χ0) is 28.4. The van der Waals surface area contributed by atoms with E-state index in [2.05, 4.69) is 15.1 Å². The number of aryl methyl sites for hydroxylation is 1. The average Bonchev–Trinajstić information content (AvgIpc) is 3.35. The Balaban J connectivity index is 1.35. The Morgan fingerprint density at radius 3 is 2.35 bits per heavy atom. The minimum atomic E-state index is -0.419. The summed E-state index contributed by atoms with van der Waals surface area (Å²) < 4.78 is 15.0. The average molecular weight is 548 g/mol. The van der Waals surface area contributed by atoms with Crippen LogP contribution in [0.3, 0.4) is 0 Å². The molecule has 0 aliphatic carbocycles. The van der Waals surface area contributed by atoms with Gasteiger partial charge in [0.1, 0.15) is 11.5 Å². The molecule has 12 heteroatoms. The van der Waals surface area contributed by atoms with Gasteiger partial charge >= 0.3 is 5.69 Å². The molecule has 40 heavy (non-hydrogen) atoms. The second-order valence-electron chi connectivity index (χ2n) is 9.74. The lowest BCUT2D eigenvalue weighted by Gasteiger charge is -2.35. The Hall–Kier alpha value is -4.58. The number of nitrogens with one attached hydrogen (secondary N) is 1. The number of ether oxygens (including phenoxy) is 2. The highest BCUT2D eigenvalue weighted by atomic mass is 16.5. The molecule has 1 fully saturated rings. The standard InChI is InChI=1S/C28H33N7O5/c1-31-25-24(26(37)32(2)28(31)38)35(17-19-8-6-5-7-9-19)27(30-25)34-14-12-33(13-15-34)18-23(36)29-21-11-10-20(39-3)16-22(21)40-4/h5-11,16H,12-15,17-18H2,1-4H3,(H,29,36). The number of amides is 1. The van der Waals surface area contributed by atoms with E-state index in [0.717, 1.165) is 10.1 Å². The van der Waals surface area contributed by atoms with Gasteiger partial charge in [-0.05, 0) is 17.7 Å². The van der Waals surface area contributed by atoms with Crippen molar-refractivity contribution < 1.29 is 14.3 Å². The predicted molar refractivity (Wildman–Crippen MR) is 153 cm³/mol. The smallest absolute Gasteiger partial charge is 0.332 e. The van der Waals surface area contributed by atoms with Crippen LogP contribution in [-0.4, -0.2) is 76.4 Å². The molecule has 0 saturated carbocycles. The van der Waals surface area contributed by atoms with Crippen molar-refractivity contribution in [2.24, 2.45) is 14.1 Å². The molecule has 1 aliphatic rings. The number of anilines is 2. The van der Waals surface area contributed by atoms with Crippen LogP contribution < -0.4 is 30.9 Å². The first-order valence-corrected chi connectivity index (χ1v) is 13.0. The number of benzene rings is 2. The molecule has 5 rings (SSSR count). The van der Waals surface area contributed by atoms with Crippen LogP contribution in [0.15, 0.2) is 58.1 Å². The monoisotopic (exact) mass is 547 g/mol. The fourth-order valence-electron chi connectivity index (χ4n) is 4.99. The Morgan fingerprint density at radius 1 is 0.950 bits per heavy atom. The first-order chi connectivity index (χ1) is 19.3. The van der Waals surface area contributed by atoms with Crippen molar-refractivity contribution in [3.8, 4) is 11.5 Å². The number of hydrogen-bond donors (Lipinski definition) is 1. The third kappa shape index (κ3) is 5.17. The molecule has 1 saturated heterocycles. The quantitative estimate of drug-likeness (QED) is 0.351. The van der Waals surface area contributed by atoms with E-state index in [1.807, 2.05) is 34.9 Å². The molecule has 2 aromatic carbocycles. The highest BCUT2D eigenvalue weighted by Crippen LogP contribution is 2.29. The summed E-state index contributed by atoms with van der Waals surface area (Å²) in [6.07, 6.45) is 0. The van der Waals surface area contributed by atoms with Crippen LogP contribution in [0.1, 0.15) is 5.56 Å². The summed E-state index contributed by atoms with van der Waals surface area (Å²) in [6, 6.07) is 15.1. The maximum absolute atomic E-state index is 13.2. The van der Waals surface area contributed by atoms with Crippen molar-refractivity contribution in [3.63, 3.8) is 0 Å². The van der Waals surface area contributed by atoms with Crippen LogP contribution in [0.4, 0.5) is 11.6 Å². The highest BCUT2D eigenvalue weighted by Gasteiger charge is 2.26. The summed E-state index contributed by atoms with van der Waals surface area (Å²) in [5.41, 5.74) is 1.54. The van der Waals surface area contributed by atoms with Gasteiger partial charge in [-0.1, -0.05) is 30.3 Å². The maximum atomic E-state index is 13.2. The minimum Gasteiger partial charge on any atom is -0.497 e. The van der Waals surface area contributed by atoms with Crippen LogP contribution in [0.2, 0.25) is 0 Å². The topological polar surface area (TPSA) is 116 Å². The van der Waals surface area contributed by atoms with Gasteiger partial charge in [0.05, 0.1) is 33.0 Å². The molecule has 210 valence electrons. The number of carbonyl (C=O) groups is 1. The molecule has 12 nitrogen and oxygen atoms in total. The van der Waals surface area contributed by atoms with E-state index in [-0.39, 0.29) is 18.0 Å². The fourth-order valence-corrected chi connectivity index (χ4v) is 4.99. The van der Waals surface area contributed by atoms with Crippen LogP contribution in [0.5, 0.6) is 11.5 Å².